The van der Waals surface area contributed by atoms with Gasteiger partial charge < -0.3 is 5.32 Å². The molecule has 0 bridgehead atoms. The minimum Gasteiger partial charge on any atom is -0.311 e. The summed E-state index contributed by atoms with van der Waals surface area (Å²) in [4.78, 5) is 6.51. The summed E-state index contributed by atoms with van der Waals surface area (Å²) in [6.45, 7) is 7.45. The van der Waals surface area contributed by atoms with Gasteiger partial charge in [0.15, 0.2) is 0 Å². The van der Waals surface area contributed by atoms with Crippen LogP contribution >= 0.6 is 0 Å². The van der Waals surface area contributed by atoms with Crippen LogP contribution in [0.5, 0.6) is 0 Å². The van der Waals surface area contributed by atoms with Crippen molar-refractivity contribution in [2.45, 2.75) is 45.3 Å². The number of piperazine rings is 1. The van der Waals surface area contributed by atoms with Crippen molar-refractivity contribution in [3.8, 4) is 0 Å². The number of hydrogen-bond donors (Lipinski definition) is 1. The molecule has 3 nitrogen and oxygen atoms in total. The van der Waals surface area contributed by atoms with Crippen molar-refractivity contribution >= 4 is 0 Å². The molecule has 0 spiro atoms. The molecule has 2 fully saturated rings. The highest BCUT2D eigenvalue weighted by Gasteiger charge is 2.39. The molecule has 0 radical (unpaired) electrons. The molecule has 1 aromatic heterocycles. The first kappa shape index (κ1) is 14.0. The van der Waals surface area contributed by atoms with Crippen LogP contribution in [-0.4, -0.2) is 35.1 Å². The second-order valence-electron chi connectivity index (χ2n) is 6.60. The van der Waals surface area contributed by atoms with Crippen LogP contribution in [0.15, 0.2) is 18.5 Å². The minimum absolute atomic E-state index is 0.235. The van der Waals surface area contributed by atoms with Gasteiger partial charge in [-0.15, -0.1) is 0 Å². The number of nitrogens with zero attached hydrogens (tertiary/aromatic N) is 2. The van der Waals surface area contributed by atoms with E-state index in [0.29, 0.717) is 18.0 Å². The lowest BCUT2D eigenvalue weighted by Crippen LogP contribution is -2.58. The Morgan fingerprint density at radius 3 is 2.85 bits per heavy atom. The van der Waals surface area contributed by atoms with Gasteiger partial charge in [0.05, 0.1) is 6.20 Å². The Morgan fingerprint density at radius 1 is 1.40 bits per heavy atom. The van der Waals surface area contributed by atoms with Crippen LogP contribution < -0.4 is 5.32 Å². The molecule has 2 unspecified atom stereocenters. The first-order valence-electron chi connectivity index (χ1n) is 7.70. The highest BCUT2D eigenvalue weighted by atomic mass is 19.1. The van der Waals surface area contributed by atoms with Crippen LogP contribution in [0, 0.1) is 17.7 Å². The summed E-state index contributed by atoms with van der Waals surface area (Å²) in [6, 6.07) is 2.75. The molecule has 20 heavy (non-hydrogen) atoms. The van der Waals surface area contributed by atoms with Gasteiger partial charge in [-0.2, -0.15) is 0 Å². The molecule has 2 heterocycles. The van der Waals surface area contributed by atoms with E-state index in [1.54, 1.807) is 12.3 Å². The molecule has 0 amide bonds. The maximum atomic E-state index is 13.3. The molecule has 4 heteroatoms. The third kappa shape index (κ3) is 3.18. The summed E-state index contributed by atoms with van der Waals surface area (Å²) < 4.78 is 13.3. The first-order valence-corrected chi connectivity index (χ1v) is 7.70. The summed E-state index contributed by atoms with van der Waals surface area (Å²) in [5.41, 5.74) is 0.986. The molecule has 3 rings (SSSR count). The molecule has 1 N–H and O–H groups in total. The predicted octanol–water partition coefficient (Wildman–Crippen LogP) is 2.43. The van der Waals surface area contributed by atoms with Gasteiger partial charge in [-0.25, -0.2) is 4.39 Å². The molecular formula is C16H24FN3. The van der Waals surface area contributed by atoms with Crippen molar-refractivity contribution in [3.63, 3.8) is 0 Å². The third-order valence-electron chi connectivity index (χ3n) is 4.61. The monoisotopic (exact) mass is 277 g/mol. The van der Waals surface area contributed by atoms with Gasteiger partial charge in [0.25, 0.3) is 0 Å². The van der Waals surface area contributed by atoms with Crippen molar-refractivity contribution in [1.29, 1.82) is 0 Å². The number of nitrogens with one attached hydrogen (secondary N) is 1. The Balaban J connectivity index is 1.72. The quantitative estimate of drug-likeness (QED) is 0.916. The van der Waals surface area contributed by atoms with Crippen molar-refractivity contribution in [3.05, 3.63) is 29.8 Å². The highest BCUT2D eigenvalue weighted by molar-refractivity contribution is 5.11. The van der Waals surface area contributed by atoms with Crippen LogP contribution in [0.1, 0.15) is 32.3 Å². The van der Waals surface area contributed by atoms with Gasteiger partial charge in [0.1, 0.15) is 5.82 Å². The molecule has 1 saturated carbocycles. The normalized spacial score (nSPS) is 28.0. The van der Waals surface area contributed by atoms with Crippen LogP contribution in [0.3, 0.4) is 0 Å². The van der Waals surface area contributed by atoms with Crippen LogP contribution in [0.2, 0.25) is 0 Å². The lowest BCUT2D eigenvalue weighted by Gasteiger charge is -2.42. The van der Waals surface area contributed by atoms with E-state index in [1.165, 1.54) is 19.0 Å². The van der Waals surface area contributed by atoms with Gasteiger partial charge in [0.2, 0.25) is 0 Å². The van der Waals surface area contributed by atoms with Crippen molar-refractivity contribution in [2.24, 2.45) is 11.8 Å². The minimum atomic E-state index is -0.235. The average molecular weight is 277 g/mol. The van der Waals surface area contributed by atoms with E-state index >= 15 is 0 Å². The summed E-state index contributed by atoms with van der Waals surface area (Å²) in [5, 5.41) is 3.69. The lowest BCUT2D eigenvalue weighted by atomic mass is 9.97. The summed E-state index contributed by atoms with van der Waals surface area (Å²) in [6.07, 6.45) is 5.75. The largest absolute Gasteiger partial charge is 0.311 e. The Kier molecular flexibility index (Phi) is 4.03. The smallest absolute Gasteiger partial charge is 0.141 e. The Labute approximate surface area is 120 Å². The number of halogens is 1. The molecule has 1 aliphatic heterocycles. The fraction of sp³-hybridized carbons (Fsp3) is 0.688. The maximum absolute atomic E-state index is 13.3. The third-order valence-corrected chi connectivity index (χ3v) is 4.61. The zero-order valence-corrected chi connectivity index (χ0v) is 12.3. The summed E-state index contributed by atoms with van der Waals surface area (Å²) in [7, 11) is 0. The number of hydrogen-bond acceptors (Lipinski definition) is 3. The fourth-order valence-corrected chi connectivity index (χ4v) is 3.20. The van der Waals surface area contributed by atoms with E-state index in [0.717, 1.165) is 31.1 Å². The second-order valence-corrected chi connectivity index (χ2v) is 6.60. The van der Waals surface area contributed by atoms with Crippen molar-refractivity contribution in [1.82, 2.24) is 15.2 Å². The molecule has 2 atom stereocenters. The van der Waals surface area contributed by atoms with Gasteiger partial charge in [0, 0.05) is 37.9 Å². The maximum Gasteiger partial charge on any atom is 0.141 e. The molecule has 1 aliphatic carbocycles. The van der Waals surface area contributed by atoms with E-state index in [9.17, 15) is 4.39 Å². The molecule has 1 aromatic rings. The Hall–Kier alpha value is -1.00. The zero-order valence-electron chi connectivity index (χ0n) is 12.3. The molecule has 110 valence electrons. The number of aromatic nitrogens is 1. The molecule has 0 aromatic carbocycles. The fourth-order valence-electron chi connectivity index (χ4n) is 3.20. The summed E-state index contributed by atoms with van der Waals surface area (Å²) in [5.74, 6) is 1.22. The van der Waals surface area contributed by atoms with Crippen LogP contribution in [0.25, 0.3) is 0 Å². The first-order chi connectivity index (χ1) is 9.63. The van der Waals surface area contributed by atoms with Gasteiger partial charge >= 0.3 is 0 Å². The lowest BCUT2D eigenvalue weighted by molar-refractivity contribution is 0.0924. The second kappa shape index (κ2) is 5.78. The Morgan fingerprint density at radius 2 is 2.20 bits per heavy atom. The Bertz CT molecular complexity index is 459. The van der Waals surface area contributed by atoms with E-state index in [4.69, 9.17) is 0 Å². The standard InChI is InChI=1S/C16H24FN3/c1-11(2)15-10-20(16(8-19-15)13-3-4-13)9-12-5-14(17)7-18-6-12/h5-7,11,13,15-16,19H,3-4,8-10H2,1-2H3. The topological polar surface area (TPSA) is 28.2 Å². The highest BCUT2D eigenvalue weighted by Crippen LogP contribution is 2.37. The van der Waals surface area contributed by atoms with Crippen molar-refractivity contribution in [2.75, 3.05) is 13.1 Å². The van der Waals surface area contributed by atoms with E-state index in [-0.39, 0.29) is 5.82 Å². The van der Waals surface area contributed by atoms with Gasteiger partial charge in [-0.1, -0.05) is 13.8 Å². The van der Waals surface area contributed by atoms with Gasteiger partial charge in [-0.3, -0.25) is 9.88 Å². The molecule has 2 aliphatic rings. The van der Waals surface area contributed by atoms with E-state index in [2.05, 4.69) is 29.0 Å². The van der Waals surface area contributed by atoms with E-state index < -0.39 is 0 Å². The molecular weight excluding hydrogens is 253 g/mol. The zero-order chi connectivity index (χ0) is 14.1. The average Bonchev–Trinajstić information content (AvgIpc) is 3.23. The van der Waals surface area contributed by atoms with Gasteiger partial charge in [-0.05, 0) is 36.3 Å². The van der Waals surface area contributed by atoms with E-state index in [1.807, 2.05) is 0 Å². The van der Waals surface area contributed by atoms with Crippen LogP contribution in [0.4, 0.5) is 4.39 Å². The SMILES string of the molecule is CC(C)C1CN(Cc2cncc(F)c2)C(C2CC2)CN1. The molecule has 1 saturated heterocycles. The predicted molar refractivity (Wildman–Crippen MR) is 77.7 cm³/mol. The van der Waals surface area contributed by atoms with Crippen molar-refractivity contribution < 1.29 is 4.39 Å². The number of rotatable bonds is 4. The summed E-state index contributed by atoms with van der Waals surface area (Å²) >= 11 is 0. The van der Waals surface area contributed by atoms with Crippen LogP contribution in [-0.2, 0) is 6.54 Å². The number of pyridine rings is 1.